The van der Waals surface area contributed by atoms with E-state index in [0.29, 0.717) is 15.6 Å². The van der Waals surface area contributed by atoms with Crippen molar-refractivity contribution in [1.29, 1.82) is 0 Å². The molecule has 2 atom stereocenters. The number of methoxy groups -OCH3 is 1. The van der Waals surface area contributed by atoms with Crippen LogP contribution in [0.1, 0.15) is 22.3 Å². The van der Waals surface area contributed by atoms with Crippen LogP contribution in [0.5, 0.6) is 5.75 Å². The summed E-state index contributed by atoms with van der Waals surface area (Å²) in [5.74, 6) is -2.81. The fourth-order valence-electron chi connectivity index (χ4n) is 3.28. The van der Waals surface area contributed by atoms with E-state index in [1.807, 2.05) is 0 Å². The maximum absolute atomic E-state index is 15.3. The maximum atomic E-state index is 15.3. The van der Waals surface area contributed by atoms with E-state index in [-0.39, 0.29) is 17.9 Å². The molecule has 3 rings (SSSR count). The van der Waals surface area contributed by atoms with E-state index in [9.17, 15) is 22.3 Å². The number of carbonyl (C=O) groups excluding carboxylic acids is 1. The normalized spacial score (nSPS) is 12.6. The first-order valence-electron chi connectivity index (χ1n) is 10.4. The van der Waals surface area contributed by atoms with Crippen molar-refractivity contribution in [3.05, 3.63) is 81.6 Å². The van der Waals surface area contributed by atoms with Crippen LogP contribution in [0.15, 0.2) is 48.7 Å². The van der Waals surface area contributed by atoms with E-state index < -0.39 is 63.6 Å². The van der Waals surface area contributed by atoms with Gasteiger partial charge in [0.25, 0.3) is 5.91 Å². The second-order valence-electron chi connectivity index (χ2n) is 7.43. The van der Waals surface area contributed by atoms with Gasteiger partial charge < -0.3 is 14.6 Å². The standard InChI is InChI=1S/C23H20Cl2F3N3O4S/c1-35-15-4-2-13(3-5-15)12-14(26)9-11-31(36(33)34)18-7-6-17(24)21(20(18)28)30-23(32)16-8-10-29-22(25)19(16)27/h2-8,10,14H,9,11-12H2,1H3,(H,30,32)(H,33,34)/p-1. The van der Waals surface area contributed by atoms with Crippen LogP contribution in [0.25, 0.3) is 0 Å². The number of ether oxygens (including phenoxy) is 1. The van der Waals surface area contributed by atoms with Gasteiger partial charge in [0.05, 0.1) is 29.1 Å². The molecule has 0 bridgehead atoms. The number of pyridine rings is 1. The van der Waals surface area contributed by atoms with Crippen LogP contribution in [0.3, 0.4) is 0 Å². The average Bonchev–Trinajstić information content (AvgIpc) is 2.84. The number of anilines is 2. The van der Waals surface area contributed by atoms with Crippen LogP contribution in [0.4, 0.5) is 24.5 Å². The number of benzene rings is 2. The van der Waals surface area contributed by atoms with Gasteiger partial charge in [0, 0.05) is 30.4 Å². The molecule has 0 aliphatic rings. The highest BCUT2D eigenvalue weighted by Gasteiger charge is 2.23. The van der Waals surface area contributed by atoms with E-state index in [2.05, 4.69) is 10.3 Å². The Kier molecular flexibility index (Phi) is 9.55. The second-order valence-corrected chi connectivity index (χ2v) is 9.07. The van der Waals surface area contributed by atoms with Crippen LogP contribution in [-0.2, 0) is 17.7 Å². The minimum atomic E-state index is -2.98. The fourth-order valence-corrected chi connectivity index (χ4v) is 4.18. The summed E-state index contributed by atoms with van der Waals surface area (Å²) in [6, 6.07) is 9.95. The number of carbonyl (C=O) groups is 1. The molecular formula is C23H19Cl2F3N3O4S-. The van der Waals surface area contributed by atoms with Crippen molar-refractivity contribution < 1.29 is 31.5 Å². The van der Waals surface area contributed by atoms with Crippen molar-refractivity contribution in [1.82, 2.24) is 4.98 Å². The lowest BCUT2D eigenvalue weighted by atomic mass is 10.1. The molecule has 0 saturated heterocycles. The van der Waals surface area contributed by atoms with Gasteiger partial charge in [0.1, 0.15) is 11.9 Å². The lowest BCUT2D eigenvalue weighted by Gasteiger charge is -2.28. The molecule has 36 heavy (non-hydrogen) atoms. The molecule has 2 unspecified atom stereocenters. The summed E-state index contributed by atoms with van der Waals surface area (Å²) in [6.45, 7) is -0.395. The van der Waals surface area contributed by atoms with Gasteiger partial charge in [-0.15, -0.1) is 0 Å². The van der Waals surface area contributed by atoms with E-state index in [1.165, 1.54) is 7.11 Å². The number of alkyl halides is 1. The molecular weight excluding hydrogens is 542 g/mol. The van der Waals surface area contributed by atoms with Crippen molar-refractivity contribution in [3.8, 4) is 5.75 Å². The summed E-state index contributed by atoms with van der Waals surface area (Å²) in [7, 11) is 1.50. The Morgan fingerprint density at radius 2 is 1.86 bits per heavy atom. The third-order valence-electron chi connectivity index (χ3n) is 5.11. The predicted molar refractivity (Wildman–Crippen MR) is 131 cm³/mol. The third kappa shape index (κ3) is 6.67. The first-order valence-corrected chi connectivity index (χ1v) is 12.1. The van der Waals surface area contributed by atoms with E-state index in [4.69, 9.17) is 27.9 Å². The van der Waals surface area contributed by atoms with Crippen LogP contribution in [0.2, 0.25) is 10.2 Å². The van der Waals surface area contributed by atoms with Gasteiger partial charge in [0.2, 0.25) is 0 Å². The molecule has 0 radical (unpaired) electrons. The number of amides is 1. The molecule has 2 aromatic carbocycles. The van der Waals surface area contributed by atoms with Gasteiger partial charge >= 0.3 is 0 Å². The van der Waals surface area contributed by atoms with Gasteiger partial charge in [-0.2, -0.15) is 0 Å². The number of nitrogens with one attached hydrogen (secondary N) is 1. The van der Waals surface area contributed by atoms with Crippen LogP contribution >= 0.6 is 23.2 Å². The molecule has 0 spiro atoms. The van der Waals surface area contributed by atoms with Crippen molar-refractivity contribution in [3.63, 3.8) is 0 Å². The van der Waals surface area contributed by atoms with Gasteiger partial charge in [-0.05, 0) is 42.3 Å². The van der Waals surface area contributed by atoms with E-state index >= 15 is 4.39 Å². The Morgan fingerprint density at radius 1 is 1.17 bits per heavy atom. The van der Waals surface area contributed by atoms with Crippen molar-refractivity contribution >= 4 is 51.8 Å². The zero-order valence-corrected chi connectivity index (χ0v) is 21.0. The molecule has 0 fully saturated rings. The average molecular weight is 561 g/mol. The van der Waals surface area contributed by atoms with Crippen molar-refractivity contribution in [2.24, 2.45) is 0 Å². The predicted octanol–water partition coefficient (Wildman–Crippen LogP) is 5.50. The van der Waals surface area contributed by atoms with E-state index in [1.54, 1.807) is 24.3 Å². The number of rotatable bonds is 10. The topological polar surface area (TPSA) is 94.6 Å². The van der Waals surface area contributed by atoms with E-state index in [0.717, 1.165) is 24.4 Å². The molecule has 0 aliphatic carbocycles. The maximum Gasteiger partial charge on any atom is 0.258 e. The molecule has 0 saturated carbocycles. The highest BCUT2D eigenvalue weighted by molar-refractivity contribution is 7.80. The number of halogens is 5. The molecule has 7 nitrogen and oxygen atoms in total. The Labute approximate surface area is 217 Å². The van der Waals surface area contributed by atoms with Gasteiger partial charge in [0.15, 0.2) is 16.8 Å². The zero-order valence-electron chi connectivity index (χ0n) is 18.6. The summed E-state index contributed by atoms with van der Waals surface area (Å²) < 4.78 is 73.4. The second kappa shape index (κ2) is 12.4. The Hall–Kier alpha value is -2.86. The molecule has 13 heteroatoms. The molecule has 1 aromatic heterocycles. The summed E-state index contributed by atoms with van der Waals surface area (Å²) in [4.78, 5) is 16.0. The largest absolute Gasteiger partial charge is 0.755 e. The summed E-state index contributed by atoms with van der Waals surface area (Å²) >= 11 is 8.59. The SMILES string of the molecule is COc1ccc(CC(F)CCN(c2ccc(Cl)c(NC(=O)c3ccnc(Cl)c3F)c2F)S(=O)[O-])cc1. The minimum Gasteiger partial charge on any atom is -0.755 e. The third-order valence-corrected chi connectivity index (χ3v) is 6.43. The van der Waals surface area contributed by atoms with Crippen molar-refractivity contribution in [2.75, 3.05) is 23.3 Å². The molecule has 1 N–H and O–H groups in total. The summed E-state index contributed by atoms with van der Waals surface area (Å²) in [5, 5.41) is 1.28. The zero-order chi connectivity index (χ0) is 26.4. The van der Waals surface area contributed by atoms with Gasteiger partial charge in [-0.25, -0.2) is 18.2 Å². The summed E-state index contributed by atoms with van der Waals surface area (Å²) in [5.41, 5.74) is -0.923. The van der Waals surface area contributed by atoms with Crippen LogP contribution in [0, 0.1) is 11.6 Å². The number of hydrogen-bond donors (Lipinski definition) is 1. The Morgan fingerprint density at radius 3 is 2.50 bits per heavy atom. The lowest BCUT2D eigenvalue weighted by molar-refractivity contribution is 0.102. The molecule has 192 valence electrons. The molecule has 0 aliphatic heterocycles. The number of nitrogens with zero attached hydrogens (tertiary/aromatic N) is 2. The lowest BCUT2D eigenvalue weighted by Crippen LogP contribution is -2.30. The van der Waals surface area contributed by atoms with Gasteiger partial charge in [-0.3, -0.25) is 13.3 Å². The summed E-state index contributed by atoms with van der Waals surface area (Å²) in [6.07, 6.45) is -0.590. The minimum absolute atomic E-state index is 0.00773. The molecule has 1 heterocycles. The molecule has 1 amide bonds. The monoisotopic (exact) mass is 560 g/mol. The quantitative estimate of drug-likeness (QED) is 0.261. The number of aromatic nitrogens is 1. The highest BCUT2D eigenvalue weighted by atomic mass is 35.5. The Balaban J connectivity index is 1.77. The fraction of sp³-hybridized carbons (Fsp3) is 0.217. The number of hydrogen-bond acceptors (Lipinski definition) is 5. The highest BCUT2D eigenvalue weighted by Crippen LogP contribution is 2.34. The van der Waals surface area contributed by atoms with Crippen molar-refractivity contribution in [2.45, 2.75) is 19.0 Å². The van der Waals surface area contributed by atoms with Gasteiger partial charge in [-0.1, -0.05) is 35.3 Å². The van der Waals surface area contributed by atoms with Crippen LogP contribution in [-0.4, -0.2) is 39.5 Å². The Bertz CT molecular complexity index is 1270. The first kappa shape index (κ1) is 27.7. The van der Waals surface area contributed by atoms with Crippen LogP contribution < -0.4 is 14.4 Å². The first-order chi connectivity index (χ1) is 17.1. The smallest absolute Gasteiger partial charge is 0.258 e. The molecule has 3 aromatic rings.